The summed E-state index contributed by atoms with van der Waals surface area (Å²) in [5.74, 6) is -0.958. The molecule has 2 amide bonds. The lowest BCUT2D eigenvalue weighted by atomic mass is 10.1. The second kappa shape index (κ2) is 12.6. The minimum absolute atomic E-state index is 0.0193. The molecule has 2 heterocycles. The average Bonchev–Trinajstić information content (AvgIpc) is 3.29. The molecule has 1 aromatic carbocycles. The van der Waals surface area contributed by atoms with Gasteiger partial charge in [-0.05, 0) is 60.3 Å². The summed E-state index contributed by atoms with van der Waals surface area (Å²) in [5.41, 5.74) is 1.11. The number of hydrogen-bond acceptors (Lipinski definition) is 6. The highest BCUT2D eigenvalue weighted by Gasteiger charge is 2.45. The molecule has 2 atom stereocenters. The lowest BCUT2D eigenvalue weighted by Gasteiger charge is -2.39. The molecule has 0 spiro atoms. The number of benzene rings is 1. The highest BCUT2D eigenvalue weighted by molar-refractivity contribution is 7.91. The predicted octanol–water partition coefficient (Wildman–Crippen LogP) is 2.93. The number of aryl methyl sites for hydroxylation is 1. The van der Waals surface area contributed by atoms with Gasteiger partial charge in [-0.1, -0.05) is 25.0 Å². The van der Waals surface area contributed by atoms with Crippen molar-refractivity contribution in [1.82, 2.24) is 10.2 Å². The second-order valence-corrected chi connectivity index (χ2v) is 9.70. The summed E-state index contributed by atoms with van der Waals surface area (Å²) >= 11 is -1.47. The number of carbonyl (C=O) groups is 3. The van der Waals surface area contributed by atoms with E-state index in [0.29, 0.717) is 12.3 Å². The minimum Gasteiger partial charge on any atom is -0.614 e. The van der Waals surface area contributed by atoms with Gasteiger partial charge in [0.1, 0.15) is 12.4 Å². The molecule has 2 unspecified atom stereocenters. The van der Waals surface area contributed by atoms with Crippen molar-refractivity contribution < 1.29 is 32.5 Å². The zero-order valence-corrected chi connectivity index (χ0v) is 19.9. The lowest BCUT2D eigenvalue weighted by molar-refractivity contribution is -0.145. The van der Waals surface area contributed by atoms with Gasteiger partial charge in [-0.15, -0.1) is 0 Å². The molecule has 0 aliphatic carbocycles. The molecule has 1 N–H and O–H groups in total. The number of nitrogens with zero attached hydrogens (tertiary/aromatic N) is 1. The van der Waals surface area contributed by atoms with Crippen LogP contribution in [0.1, 0.15) is 54.0 Å². The number of likely N-dealkylation sites (tertiary alicyclic amines) is 1. The smallest absolute Gasteiger partial charge is 0.373 e. The zero-order chi connectivity index (χ0) is 24.5. The molecule has 34 heavy (non-hydrogen) atoms. The van der Waals surface area contributed by atoms with Crippen molar-refractivity contribution in [2.24, 2.45) is 0 Å². The van der Waals surface area contributed by atoms with Crippen molar-refractivity contribution in [2.75, 3.05) is 20.2 Å². The Labute approximate surface area is 201 Å². The van der Waals surface area contributed by atoms with Crippen molar-refractivity contribution in [3.8, 4) is 0 Å². The number of nitrogens with one attached hydrogen (secondary N) is 1. The molecule has 0 bridgehead atoms. The molecular weight excluding hydrogens is 463 g/mol. The summed E-state index contributed by atoms with van der Waals surface area (Å²) in [4.78, 5) is 37.0. The molecular formula is C24H29FN2O6S. The molecule has 0 radical (unpaired) electrons. The van der Waals surface area contributed by atoms with Gasteiger partial charge in [0, 0.05) is 6.54 Å². The molecule has 10 heteroatoms. The molecule has 3 rings (SSSR count). The van der Waals surface area contributed by atoms with Crippen LogP contribution in [0.25, 0.3) is 0 Å². The Kier molecular flexibility index (Phi) is 9.52. The van der Waals surface area contributed by atoms with Crippen LogP contribution in [0.3, 0.4) is 0 Å². The van der Waals surface area contributed by atoms with Crippen molar-refractivity contribution in [3.63, 3.8) is 0 Å². The number of furan rings is 1. The van der Waals surface area contributed by atoms with Crippen LogP contribution in [0.4, 0.5) is 4.39 Å². The maximum atomic E-state index is 12.9. The number of β-lactam (4-membered cyclic amide) rings is 1. The normalized spacial score (nSPS) is 16.1. The SMILES string of the molecule is COC(=O)c1ccc(C[S+]([O-])C2CC(=O)N2CC(=O)NCCCCCCc2ccc(F)cc2)o1. The third kappa shape index (κ3) is 7.33. The highest BCUT2D eigenvalue weighted by atomic mass is 32.2. The van der Waals surface area contributed by atoms with Crippen LogP contribution in [0.5, 0.6) is 0 Å². The summed E-state index contributed by atoms with van der Waals surface area (Å²) in [5, 5.41) is 2.25. The largest absolute Gasteiger partial charge is 0.614 e. The van der Waals surface area contributed by atoms with E-state index in [1.807, 2.05) is 0 Å². The van der Waals surface area contributed by atoms with Gasteiger partial charge in [-0.3, -0.25) is 14.5 Å². The molecule has 1 aliphatic rings. The second-order valence-electron chi connectivity index (χ2n) is 8.10. The van der Waals surface area contributed by atoms with Crippen LogP contribution in [-0.4, -0.2) is 52.8 Å². The first-order valence-electron chi connectivity index (χ1n) is 11.2. The topological polar surface area (TPSA) is 112 Å². The van der Waals surface area contributed by atoms with E-state index >= 15 is 0 Å². The average molecular weight is 493 g/mol. The molecule has 0 saturated carbocycles. The maximum Gasteiger partial charge on any atom is 0.373 e. The summed E-state index contributed by atoms with van der Waals surface area (Å²) in [6, 6.07) is 9.50. The first kappa shape index (κ1) is 25.8. The van der Waals surface area contributed by atoms with Gasteiger partial charge in [0.25, 0.3) is 0 Å². The van der Waals surface area contributed by atoms with E-state index in [-0.39, 0.29) is 42.1 Å². The third-order valence-electron chi connectivity index (χ3n) is 5.60. The summed E-state index contributed by atoms with van der Waals surface area (Å²) < 4.78 is 35.5. The molecule has 8 nitrogen and oxygen atoms in total. The number of unbranched alkanes of at least 4 members (excludes halogenated alkanes) is 3. The number of methoxy groups -OCH3 is 1. The zero-order valence-electron chi connectivity index (χ0n) is 19.1. The molecule has 1 aromatic heterocycles. The van der Waals surface area contributed by atoms with Gasteiger partial charge >= 0.3 is 5.97 Å². The fraction of sp³-hybridized carbons (Fsp3) is 0.458. The lowest BCUT2D eigenvalue weighted by Crippen LogP contribution is -2.59. The van der Waals surface area contributed by atoms with Crippen molar-refractivity contribution in [2.45, 2.75) is 49.7 Å². The van der Waals surface area contributed by atoms with Gasteiger partial charge in [-0.2, -0.15) is 0 Å². The Bertz CT molecular complexity index is 980. The summed E-state index contributed by atoms with van der Waals surface area (Å²) in [7, 11) is 1.24. The van der Waals surface area contributed by atoms with Crippen molar-refractivity contribution >= 4 is 29.0 Å². The van der Waals surface area contributed by atoms with Gasteiger partial charge in [0.15, 0.2) is 16.9 Å². The minimum atomic E-state index is -1.47. The standard InChI is InChI=1S/C24H29FN2O6S/c1-32-24(30)20-12-11-19(33-20)16-34(31)23-14-22(29)27(23)15-21(28)26-13-5-3-2-4-6-17-7-9-18(25)10-8-17/h7-12,23H,2-6,13-16H2,1H3,(H,26,28). The molecule has 184 valence electrons. The maximum absolute atomic E-state index is 12.9. The molecule has 2 aromatic rings. The Balaban J connectivity index is 1.31. The first-order chi connectivity index (χ1) is 16.4. The Morgan fingerprint density at radius 2 is 1.91 bits per heavy atom. The number of carbonyl (C=O) groups excluding carboxylic acids is 3. The number of amides is 2. The summed E-state index contributed by atoms with van der Waals surface area (Å²) in [6.45, 7) is 0.374. The van der Waals surface area contributed by atoms with E-state index in [1.165, 1.54) is 30.2 Å². The van der Waals surface area contributed by atoms with Crippen LogP contribution in [0, 0.1) is 5.82 Å². The number of ether oxygens (including phenoxy) is 1. The van der Waals surface area contributed by atoms with E-state index in [2.05, 4.69) is 10.1 Å². The van der Waals surface area contributed by atoms with Crippen LogP contribution in [-0.2, 0) is 37.7 Å². The van der Waals surface area contributed by atoms with Crippen LogP contribution in [0.15, 0.2) is 40.8 Å². The predicted molar refractivity (Wildman–Crippen MR) is 124 cm³/mol. The molecule has 1 aliphatic heterocycles. The summed E-state index contributed by atoms with van der Waals surface area (Å²) in [6.07, 6.45) is 4.77. The number of esters is 1. The highest BCUT2D eigenvalue weighted by Crippen LogP contribution is 2.27. The fourth-order valence-corrected chi connectivity index (χ4v) is 5.08. The van der Waals surface area contributed by atoms with E-state index in [0.717, 1.165) is 37.7 Å². The number of hydrogen-bond donors (Lipinski definition) is 1. The quantitative estimate of drug-likeness (QED) is 0.199. The molecule has 1 fully saturated rings. The first-order valence-corrected chi connectivity index (χ1v) is 12.6. The van der Waals surface area contributed by atoms with E-state index in [9.17, 15) is 23.3 Å². The van der Waals surface area contributed by atoms with E-state index in [4.69, 9.17) is 4.42 Å². The molecule has 1 saturated heterocycles. The Morgan fingerprint density at radius 1 is 1.18 bits per heavy atom. The van der Waals surface area contributed by atoms with Crippen LogP contribution in [0.2, 0.25) is 0 Å². The van der Waals surface area contributed by atoms with Gasteiger partial charge in [0.05, 0.1) is 13.5 Å². The van der Waals surface area contributed by atoms with Gasteiger partial charge in [-0.25, -0.2) is 9.18 Å². The van der Waals surface area contributed by atoms with Crippen LogP contribution >= 0.6 is 0 Å². The van der Waals surface area contributed by atoms with Crippen molar-refractivity contribution in [1.29, 1.82) is 0 Å². The van der Waals surface area contributed by atoms with E-state index in [1.54, 1.807) is 18.2 Å². The Hall–Kier alpha value is -2.85. The Morgan fingerprint density at radius 3 is 2.62 bits per heavy atom. The van der Waals surface area contributed by atoms with Gasteiger partial charge < -0.3 is 19.0 Å². The number of rotatable bonds is 13. The monoisotopic (exact) mass is 492 g/mol. The third-order valence-corrected chi connectivity index (χ3v) is 7.19. The fourth-order valence-electron chi connectivity index (χ4n) is 3.65. The van der Waals surface area contributed by atoms with Gasteiger partial charge in [0.2, 0.25) is 17.6 Å². The van der Waals surface area contributed by atoms with Crippen LogP contribution < -0.4 is 5.32 Å². The van der Waals surface area contributed by atoms with E-state index < -0.39 is 22.5 Å². The number of halogens is 1. The van der Waals surface area contributed by atoms with Crippen molar-refractivity contribution in [3.05, 3.63) is 59.3 Å².